The highest BCUT2D eigenvalue weighted by molar-refractivity contribution is 14.0. The normalized spacial score (nSPS) is 20.2. The number of hydrogen-bond donors (Lipinski definition) is 1. The van der Waals surface area contributed by atoms with Gasteiger partial charge in [-0.1, -0.05) is 0 Å². The summed E-state index contributed by atoms with van der Waals surface area (Å²) >= 11 is 0. The molecule has 1 aromatic rings. The van der Waals surface area contributed by atoms with E-state index in [1.54, 1.807) is 0 Å². The first-order valence-electron chi connectivity index (χ1n) is 9.27. The molecule has 1 fully saturated rings. The Morgan fingerprint density at radius 3 is 2.60 bits per heavy atom. The van der Waals surface area contributed by atoms with Gasteiger partial charge in [0.2, 0.25) is 0 Å². The third-order valence-corrected chi connectivity index (χ3v) is 5.14. The van der Waals surface area contributed by atoms with Crippen molar-refractivity contribution >= 4 is 29.8 Å². The SMILES string of the molecule is I.c1c2c(cc(C3=NCCN3)c1OCCN1CCOCC1)CCCC2. The number of amidine groups is 1. The van der Waals surface area contributed by atoms with Crippen LogP contribution in [0.1, 0.15) is 29.5 Å². The molecule has 138 valence electrons. The van der Waals surface area contributed by atoms with E-state index >= 15 is 0 Å². The van der Waals surface area contributed by atoms with Crippen molar-refractivity contribution in [1.29, 1.82) is 0 Å². The van der Waals surface area contributed by atoms with Gasteiger partial charge in [-0.05, 0) is 48.9 Å². The van der Waals surface area contributed by atoms with Crippen LogP contribution in [0.15, 0.2) is 17.1 Å². The van der Waals surface area contributed by atoms with Gasteiger partial charge < -0.3 is 14.8 Å². The highest BCUT2D eigenvalue weighted by Gasteiger charge is 2.19. The lowest BCUT2D eigenvalue weighted by Crippen LogP contribution is -2.38. The molecule has 1 aliphatic carbocycles. The van der Waals surface area contributed by atoms with E-state index < -0.39 is 0 Å². The van der Waals surface area contributed by atoms with Crippen molar-refractivity contribution in [3.8, 4) is 5.75 Å². The lowest BCUT2D eigenvalue weighted by molar-refractivity contribution is 0.0322. The van der Waals surface area contributed by atoms with E-state index in [0.717, 1.165) is 69.7 Å². The summed E-state index contributed by atoms with van der Waals surface area (Å²) in [6, 6.07) is 4.58. The molecule has 25 heavy (non-hydrogen) atoms. The molecule has 2 heterocycles. The summed E-state index contributed by atoms with van der Waals surface area (Å²) in [5.41, 5.74) is 4.09. The standard InChI is InChI=1S/C19H27N3O2.HI/c1-2-4-16-14-18(24-12-9-22-7-10-23-11-8-22)17(13-15(16)3-1)19-20-5-6-21-19;/h13-14H,1-12H2,(H,20,21);1H. The van der Waals surface area contributed by atoms with E-state index in [4.69, 9.17) is 9.47 Å². The maximum Gasteiger partial charge on any atom is 0.132 e. The van der Waals surface area contributed by atoms with Gasteiger partial charge >= 0.3 is 0 Å². The number of nitrogens with zero attached hydrogens (tertiary/aromatic N) is 2. The van der Waals surface area contributed by atoms with Crippen LogP contribution in [0.5, 0.6) is 5.75 Å². The Balaban J connectivity index is 0.00000182. The van der Waals surface area contributed by atoms with E-state index in [0.29, 0.717) is 0 Å². The molecular weight excluding hydrogens is 429 g/mol. The first-order chi connectivity index (χ1) is 11.9. The molecule has 0 saturated carbocycles. The number of ether oxygens (including phenoxy) is 2. The Morgan fingerprint density at radius 1 is 1.12 bits per heavy atom. The van der Waals surface area contributed by atoms with E-state index in [1.807, 2.05) is 0 Å². The lowest BCUT2D eigenvalue weighted by atomic mass is 9.89. The zero-order chi connectivity index (χ0) is 16.2. The third kappa shape index (κ3) is 4.65. The van der Waals surface area contributed by atoms with Crippen LogP contribution >= 0.6 is 24.0 Å². The second-order valence-electron chi connectivity index (χ2n) is 6.78. The third-order valence-electron chi connectivity index (χ3n) is 5.14. The van der Waals surface area contributed by atoms with Gasteiger partial charge in [0, 0.05) is 26.2 Å². The first kappa shape index (κ1) is 18.9. The number of fused-ring (bicyclic) bond motifs is 1. The van der Waals surface area contributed by atoms with E-state index in [1.165, 1.54) is 36.8 Å². The smallest absolute Gasteiger partial charge is 0.132 e. The van der Waals surface area contributed by atoms with Crippen LogP contribution in [0.4, 0.5) is 0 Å². The van der Waals surface area contributed by atoms with Crippen molar-refractivity contribution in [3.05, 3.63) is 28.8 Å². The van der Waals surface area contributed by atoms with E-state index in [2.05, 4.69) is 27.3 Å². The molecular formula is C19H28IN3O2. The van der Waals surface area contributed by atoms with Crippen molar-refractivity contribution in [2.24, 2.45) is 4.99 Å². The molecule has 1 saturated heterocycles. The molecule has 0 aromatic heterocycles. The first-order valence-corrected chi connectivity index (χ1v) is 9.27. The number of rotatable bonds is 5. The molecule has 0 spiro atoms. The quantitative estimate of drug-likeness (QED) is 0.690. The average Bonchev–Trinajstić information content (AvgIpc) is 3.16. The van der Waals surface area contributed by atoms with Gasteiger partial charge in [0.1, 0.15) is 18.2 Å². The van der Waals surface area contributed by atoms with E-state index in [-0.39, 0.29) is 24.0 Å². The summed E-state index contributed by atoms with van der Waals surface area (Å²) in [5, 5.41) is 3.40. The maximum atomic E-state index is 6.22. The van der Waals surface area contributed by atoms with Crippen molar-refractivity contribution < 1.29 is 9.47 Å². The fraction of sp³-hybridized carbons (Fsp3) is 0.632. The molecule has 0 atom stereocenters. The summed E-state index contributed by atoms with van der Waals surface area (Å²) in [6.07, 6.45) is 4.95. The largest absolute Gasteiger partial charge is 0.491 e. The molecule has 0 bridgehead atoms. The number of hydrogen-bond acceptors (Lipinski definition) is 5. The molecule has 3 aliphatic rings. The van der Waals surface area contributed by atoms with Crippen LogP contribution in [-0.2, 0) is 17.6 Å². The number of morpholine rings is 1. The molecule has 2 aliphatic heterocycles. The average molecular weight is 457 g/mol. The Bertz CT molecular complexity index is 615. The fourth-order valence-corrected chi connectivity index (χ4v) is 3.76. The summed E-state index contributed by atoms with van der Waals surface area (Å²) in [4.78, 5) is 7.02. The Labute approximate surface area is 167 Å². The monoisotopic (exact) mass is 457 g/mol. The number of aliphatic imine (C=N–C) groups is 1. The number of nitrogens with one attached hydrogen (secondary N) is 1. The second kappa shape index (κ2) is 9.19. The van der Waals surface area contributed by atoms with Gasteiger partial charge in [-0.3, -0.25) is 9.89 Å². The summed E-state index contributed by atoms with van der Waals surface area (Å²) in [5.74, 6) is 2.00. The zero-order valence-electron chi connectivity index (χ0n) is 14.8. The van der Waals surface area contributed by atoms with Crippen LogP contribution in [-0.4, -0.2) is 63.3 Å². The van der Waals surface area contributed by atoms with Crippen LogP contribution in [0.2, 0.25) is 0 Å². The van der Waals surface area contributed by atoms with Crippen molar-refractivity contribution in [2.45, 2.75) is 25.7 Å². The Morgan fingerprint density at radius 2 is 1.88 bits per heavy atom. The zero-order valence-corrected chi connectivity index (χ0v) is 17.1. The van der Waals surface area contributed by atoms with Crippen LogP contribution in [0, 0.1) is 0 Å². The molecule has 1 N–H and O–H groups in total. The van der Waals surface area contributed by atoms with Gasteiger partial charge in [-0.2, -0.15) is 0 Å². The minimum Gasteiger partial charge on any atom is -0.491 e. The number of halogens is 1. The summed E-state index contributed by atoms with van der Waals surface area (Å²) < 4.78 is 11.6. The predicted molar refractivity (Wildman–Crippen MR) is 111 cm³/mol. The van der Waals surface area contributed by atoms with Crippen molar-refractivity contribution in [1.82, 2.24) is 10.2 Å². The Hall–Kier alpha value is -0.860. The topological polar surface area (TPSA) is 46.1 Å². The molecule has 6 heteroatoms. The predicted octanol–water partition coefficient (Wildman–Crippen LogP) is 2.24. The summed E-state index contributed by atoms with van der Waals surface area (Å²) in [7, 11) is 0. The van der Waals surface area contributed by atoms with Gasteiger partial charge in [-0.15, -0.1) is 24.0 Å². The van der Waals surface area contributed by atoms with Crippen molar-refractivity contribution in [2.75, 3.05) is 52.5 Å². The Kier molecular flexibility index (Phi) is 6.95. The highest BCUT2D eigenvalue weighted by Crippen LogP contribution is 2.30. The maximum absolute atomic E-state index is 6.22. The minimum atomic E-state index is 0. The van der Waals surface area contributed by atoms with Gasteiger partial charge in [-0.25, -0.2) is 0 Å². The van der Waals surface area contributed by atoms with Gasteiger partial charge in [0.25, 0.3) is 0 Å². The molecule has 0 unspecified atom stereocenters. The number of benzene rings is 1. The van der Waals surface area contributed by atoms with Crippen LogP contribution in [0.25, 0.3) is 0 Å². The summed E-state index contributed by atoms with van der Waals surface area (Å²) in [6.45, 7) is 7.16. The van der Waals surface area contributed by atoms with Crippen LogP contribution < -0.4 is 10.1 Å². The molecule has 4 rings (SSSR count). The molecule has 0 amide bonds. The highest BCUT2D eigenvalue weighted by atomic mass is 127. The minimum absolute atomic E-state index is 0. The second-order valence-corrected chi connectivity index (χ2v) is 6.78. The number of aryl methyl sites for hydroxylation is 2. The molecule has 0 radical (unpaired) electrons. The van der Waals surface area contributed by atoms with Crippen molar-refractivity contribution in [3.63, 3.8) is 0 Å². The lowest BCUT2D eigenvalue weighted by Gasteiger charge is -2.27. The van der Waals surface area contributed by atoms with Crippen LogP contribution in [0.3, 0.4) is 0 Å². The van der Waals surface area contributed by atoms with Gasteiger partial charge in [0.05, 0.1) is 25.3 Å². The fourth-order valence-electron chi connectivity index (χ4n) is 3.76. The molecule has 5 nitrogen and oxygen atoms in total. The molecule has 1 aromatic carbocycles. The van der Waals surface area contributed by atoms with E-state index in [9.17, 15) is 0 Å². The van der Waals surface area contributed by atoms with Gasteiger partial charge in [0.15, 0.2) is 0 Å².